The Kier molecular flexibility index (Phi) is 4.28. The molecule has 0 spiro atoms. The Balaban J connectivity index is 2.12. The van der Waals surface area contributed by atoms with Gasteiger partial charge >= 0.3 is 0 Å². The number of nitrogens with two attached hydrogens (primary N) is 1. The van der Waals surface area contributed by atoms with Crippen molar-refractivity contribution in [2.75, 3.05) is 0 Å². The van der Waals surface area contributed by atoms with Crippen LogP contribution >= 0.6 is 11.6 Å². The maximum absolute atomic E-state index is 7.41. The van der Waals surface area contributed by atoms with E-state index >= 15 is 0 Å². The van der Waals surface area contributed by atoms with Gasteiger partial charge in [0.2, 0.25) is 0 Å². The zero-order valence-electron chi connectivity index (χ0n) is 12.4. The van der Waals surface area contributed by atoms with Gasteiger partial charge in [0.05, 0.1) is 11.1 Å². The van der Waals surface area contributed by atoms with Crippen molar-refractivity contribution < 1.29 is 4.74 Å². The monoisotopic (exact) mass is 294 g/mol. The van der Waals surface area contributed by atoms with Gasteiger partial charge < -0.3 is 10.5 Å². The molecule has 1 saturated carbocycles. The summed E-state index contributed by atoms with van der Waals surface area (Å²) in [6.07, 6.45) is 3.55. The van der Waals surface area contributed by atoms with E-state index in [0.29, 0.717) is 27.7 Å². The van der Waals surface area contributed by atoms with Gasteiger partial charge in [0.1, 0.15) is 11.6 Å². The van der Waals surface area contributed by atoms with Crippen LogP contribution in [0.25, 0.3) is 0 Å². The third kappa shape index (κ3) is 3.66. The molecule has 0 bridgehead atoms. The average Bonchev–Trinajstić information content (AvgIpc) is 2.28. The zero-order valence-corrected chi connectivity index (χ0v) is 13.1. The number of ether oxygens (including phenoxy) is 1. The van der Waals surface area contributed by atoms with Gasteiger partial charge in [0.15, 0.2) is 0 Å². The highest BCUT2D eigenvalue weighted by molar-refractivity contribution is 6.32. The minimum absolute atomic E-state index is 0.0193. The first-order valence-corrected chi connectivity index (χ1v) is 7.45. The molecule has 3 N–H and O–H groups in total. The van der Waals surface area contributed by atoms with E-state index in [1.165, 1.54) is 6.42 Å². The maximum atomic E-state index is 7.41. The van der Waals surface area contributed by atoms with Crippen molar-refractivity contribution in [2.45, 2.75) is 46.1 Å². The van der Waals surface area contributed by atoms with Gasteiger partial charge in [-0.25, -0.2) is 0 Å². The molecule has 20 heavy (non-hydrogen) atoms. The average molecular weight is 295 g/mol. The second kappa shape index (κ2) is 5.65. The smallest absolute Gasteiger partial charge is 0.138 e. The van der Waals surface area contributed by atoms with Crippen molar-refractivity contribution in [1.82, 2.24) is 0 Å². The molecule has 3 nitrogen and oxygen atoms in total. The quantitative estimate of drug-likeness (QED) is 0.648. The second-order valence-electron chi connectivity index (χ2n) is 6.71. The Morgan fingerprint density at radius 2 is 2.10 bits per heavy atom. The molecule has 2 rings (SSSR count). The zero-order chi connectivity index (χ0) is 14.9. The summed E-state index contributed by atoms with van der Waals surface area (Å²) in [6.45, 7) is 6.86. The first kappa shape index (κ1) is 15.2. The minimum Gasteiger partial charge on any atom is -0.489 e. The normalized spacial score (nSPS) is 25.2. The molecule has 0 saturated heterocycles. The third-order valence-electron chi connectivity index (χ3n) is 3.88. The van der Waals surface area contributed by atoms with Gasteiger partial charge in [-0.15, -0.1) is 0 Å². The molecule has 0 heterocycles. The van der Waals surface area contributed by atoms with Crippen LogP contribution in [0.15, 0.2) is 18.2 Å². The van der Waals surface area contributed by atoms with Crippen LogP contribution in [-0.4, -0.2) is 11.9 Å². The summed E-state index contributed by atoms with van der Waals surface area (Å²) in [5.41, 5.74) is 6.39. The van der Waals surface area contributed by atoms with Gasteiger partial charge in [0.25, 0.3) is 0 Å². The van der Waals surface area contributed by atoms with Crippen molar-refractivity contribution in [3.05, 3.63) is 28.8 Å². The number of nitrogen functional groups attached to an aromatic ring is 1. The van der Waals surface area contributed by atoms with Crippen LogP contribution in [-0.2, 0) is 0 Å². The molecule has 1 aliphatic rings. The summed E-state index contributed by atoms with van der Waals surface area (Å²) < 4.78 is 6.08. The van der Waals surface area contributed by atoms with Crippen molar-refractivity contribution in [1.29, 1.82) is 5.41 Å². The molecular weight excluding hydrogens is 272 g/mol. The molecular formula is C16H23ClN2O. The highest BCUT2D eigenvalue weighted by Crippen LogP contribution is 2.40. The van der Waals surface area contributed by atoms with Crippen molar-refractivity contribution in [2.24, 2.45) is 17.1 Å². The van der Waals surface area contributed by atoms with E-state index in [9.17, 15) is 0 Å². The first-order valence-electron chi connectivity index (χ1n) is 7.07. The molecule has 4 heteroatoms. The van der Waals surface area contributed by atoms with Crippen LogP contribution in [0.1, 0.15) is 45.6 Å². The van der Waals surface area contributed by atoms with Gasteiger partial charge in [-0.1, -0.05) is 32.4 Å². The Morgan fingerprint density at radius 3 is 2.65 bits per heavy atom. The molecule has 0 radical (unpaired) electrons. The Labute approximate surface area is 126 Å². The standard InChI is InChI=1S/C16H23ClN2O/c1-10-6-12(9-16(2,3)8-10)20-14-5-4-11(15(18)19)7-13(14)17/h4-5,7,10,12H,6,8-9H2,1-3H3,(H3,18,19). The number of amidine groups is 1. The number of benzene rings is 1. The van der Waals surface area contributed by atoms with Gasteiger partial charge in [-0.05, 0) is 48.8 Å². The van der Waals surface area contributed by atoms with E-state index in [4.69, 9.17) is 27.5 Å². The topological polar surface area (TPSA) is 59.1 Å². The molecule has 2 unspecified atom stereocenters. The van der Waals surface area contributed by atoms with Crippen molar-refractivity contribution >= 4 is 17.4 Å². The van der Waals surface area contributed by atoms with E-state index in [2.05, 4.69) is 20.8 Å². The van der Waals surface area contributed by atoms with E-state index in [1.807, 2.05) is 6.07 Å². The summed E-state index contributed by atoms with van der Waals surface area (Å²) in [5, 5.41) is 7.93. The highest BCUT2D eigenvalue weighted by atomic mass is 35.5. The third-order valence-corrected chi connectivity index (χ3v) is 4.18. The predicted molar refractivity (Wildman–Crippen MR) is 83.7 cm³/mol. The van der Waals surface area contributed by atoms with Crippen LogP contribution < -0.4 is 10.5 Å². The molecule has 1 aromatic carbocycles. The molecule has 0 aliphatic heterocycles. The fourth-order valence-electron chi connectivity index (χ4n) is 3.29. The van der Waals surface area contributed by atoms with E-state index in [-0.39, 0.29) is 11.9 Å². The first-order chi connectivity index (χ1) is 9.27. The number of hydrogen-bond donors (Lipinski definition) is 2. The number of hydrogen-bond acceptors (Lipinski definition) is 2. The molecule has 110 valence electrons. The lowest BCUT2D eigenvalue weighted by molar-refractivity contribution is 0.0563. The van der Waals surface area contributed by atoms with Crippen molar-refractivity contribution in [3.8, 4) is 5.75 Å². The lowest BCUT2D eigenvalue weighted by Crippen LogP contribution is -2.34. The van der Waals surface area contributed by atoms with Gasteiger partial charge in [-0.2, -0.15) is 0 Å². The molecule has 0 aromatic heterocycles. The Bertz CT molecular complexity index is 513. The largest absolute Gasteiger partial charge is 0.489 e. The molecule has 2 atom stereocenters. The Hall–Kier alpha value is -1.22. The summed E-state index contributed by atoms with van der Waals surface area (Å²) in [4.78, 5) is 0. The SMILES string of the molecule is CC1CC(Oc2ccc(C(=N)N)cc2Cl)CC(C)(C)C1. The predicted octanol–water partition coefficient (Wildman–Crippen LogP) is 4.22. The number of rotatable bonds is 3. The van der Waals surface area contributed by atoms with Crippen molar-refractivity contribution in [3.63, 3.8) is 0 Å². The summed E-state index contributed by atoms with van der Waals surface area (Å²) in [7, 11) is 0. The van der Waals surface area contributed by atoms with E-state index < -0.39 is 0 Å². The number of halogens is 1. The van der Waals surface area contributed by atoms with Crippen LogP contribution in [0.4, 0.5) is 0 Å². The molecule has 1 aromatic rings. The van der Waals surface area contributed by atoms with E-state index in [1.54, 1.807) is 12.1 Å². The fraction of sp³-hybridized carbons (Fsp3) is 0.562. The van der Waals surface area contributed by atoms with Gasteiger partial charge in [-0.3, -0.25) is 5.41 Å². The van der Waals surface area contributed by atoms with Gasteiger partial charge in [0, 0.05) is 5.56 Å². The summed E-state index contributed by atoms with van der Waals surface area (Å²) in [6, 6.07) is 5.28. The number of nitrogens with one attached hydrogen (secondary N) is 1. The second-order valence-corrected chi connectivity index (χ2v) is 7.12. The molecule has 1 aliphatic carbocycles. The van der Waals surface area contributed by atoms with Crippen LogP contribution in [0, 0.1) is 16.7 Å². The van der Waals surface area contributed by atoms with Crippen LogP contribution in [0.3, 0.4) is 0 Å². The fourth-order valence-corrected chi connectivity index (χ4v) is 3.52. The molecule has 0 amide bonds. The minimum atomic E-state index is 0.0193. The Morgan fingerprint density at radius 1 is 1.40 bits per heavy atom. The van der Waals surface area contributed by atoms with Crippen LogP contribution in [0.5, 0.6) is 5.75 Å². The summed E-state index contributed by atoms with van der Waals surface area (Å²) in [5.74, 6) is 1.37. The van der Waals surface area contributed by atoms with E-state index in [0.717, 1.165) is 12.8 Å². The lowest BCUT2D eigenvalue weighted by Gasteiger charge is -2.39. The highest BCUT2D eigenvalue weighted by Gasteiger charge is 2.33. The lowest BCUT2D eigenvalue weighted by atomic mass is 9.71. The van der Waals surface area contributed by atoms with Crippen LogP contribution in [0.2, 0.25) is 5.02 Å². The summed E-state index contributed by atoms with van der Waals surface area (Å²) >= 11 is 6.22. The maximum Gasteiger partial charge on any atom is 0.138 e. The molecule has 1 fully saturated rings.